The molecule has 1 saturated heterocycles. The number of carbonyl (C=O) groups is 1. The van der Waals surface area contributed by atoms with Crippen LogP contribution in [0.2, 0.25) is 0 Å². The number of nitrogens with zero attached hydrogens (tertiary/aromatic N) is 4. The van der Waals surface area contributed by atoms with Crippen LogP contribution in [0.3, 0.4) is 0 Å². The molecule has 0 radical (unpaired) electrons. The lowest BCUT2D eigenvalue weighted by Gasteiger charge is -2.27. The van der Waals surface area contributed by atoms with Crippen molar-refractivity contribution in [2.45, 2.75) is 12.8 Å². The van der Waals surface area contributed by atoms with Gasteiger partial charge in [-0.25, -0.2) is 9.97 Å². The molecule has 0 bridgehead atoms. The molecule has 1 aromatic heterocycles. The van der Waals surface area contributed by atoms with Gasteiger partial charge in [0.2, 0.25) is 17.7 Å². The molecule has 3 heterocycles. The van der Waals surface area contributed by atoms with Gasteiger partial charge in [-0.05, 0) is 51.2 Å². The highest BCUT2D eigenvalue weighted by Crippen LogP contribution is 2.35. The van der Waals surface area contributed by atoms with Gasteiger partial charge in [-0.15, -0.1) is 0 Å². The summed E-state index contributed by atoms with van der Waals surface area (Å²) in [6.45, 7) is 1.79. The number of rotatable bonds is 3. The van der Waals surface area contributed by atoms with Crippen LogP contribution in [0.15, 0.2) is 42.4 Å². The van der Waals surface area contributed by atoms with Crippen molar-refractivity contribution in [1.29, 1.82) is 5.26 Å². The van der Waals surface area contributed by atoms with Gasteiger partial charge in [0.1, 0.15) is 11.6 Å². The Morgan fingerprint density at radius 1 is 1.32 bits per heavy atom. The minimum atomic E-state index is -0.0842. The zero-order chi connectivity index (χ0) is 19.5. The number of hydrogen-bond donors (Lipinski definition) is 2. The molecule has 1 fully saturated rings. The number of ether oxygens (including phenoxy) is 1. The summed E-state index contributed by atoms with van der Waals surface area (Å²) in [6.07, 6.45) is 3.14. The average Bonchev–Trinajstić information content (AvgIpc) is 3.13. The van der Waals surface area contributed by atoms with Crippen molar-refractivity contribution in [2.24, 2.45) is 5.92 Å². The Morgan fingerprint density at radius 2 is 2.11 bits per heavy atom. The van der Waals surface area contributed by atoms with Gasteiger partial charge in [0.25, 0.3) is 0 Å². The van der Waals surface area contributed by atoms with E-state index in [9.17, 15) is 10.1 Å². The Kier molecular flexibility index (Phi) is 4.91. The van der Waals surface area contributed by atoms with E-state index < -0.39 is 0 Å². The summed E-state index contributed by atoms with van der Waals surface area (Å²) in [5, 5.41) is 15.5. The zero-order valence-corrected chi connectivity index (χ0v) is 15.5. The lowest BCUT2D eigenvalue weighted by atomic mass is 9.96. The van der Waals surface area contributed by atoms with Gasteiger partial charge in [-0.1, -0.05) is 12.1 Å². The number of benzene rings is 1. The van der Waals surface area contributed by atoms with E-state index in [1.165, 1.54) is 6.20 Å². The SMILES string of the molecule is CN1CCC(C(=O)Nc2nccc(C(C#N)=C3Nc4ccccc4O3)n2)CC1. The van der Waals surface area contributed by atoms with Crippen LogP contribution in [-0.2, 0) is 4.79 Å². The predicted molar refractivity (Wildman–Crippen MR) is 104 cm³/mol. The lowest BCUT2D eigenvalue weighted by Crippen LogP contribution is -2.36. The average molecular weight is 376 g/mol. The van der Waals surface area contributed by atoms with Gasteiger partial charge in [0, 0.05) is 12.1 Å². The van der Waals surface area contributed by atoms with Crippen LogP contribution in [0, 0.1) is 17.2 Å². The third kappa shape index (κ3) is 3.66. The molecule has 28 heavy (non-hydrogen) atoms. The normalized spacial score (nSPS) is 18.4. The number of anilines is 2. The molecule has 8 heteroatoms. The fourth-order valence-electron chi connectivity index (χ4n) is 3.30. The number of fused-ring (bicyclic) bond motifs is 1. The molecule has 1 aromatic carbocycles. The number of nitrogens with one attached hydrogen (secondary N) is 2. The van der Waals surface area contributed by atoms with Gasteiger partial charge < -0.3 is 15.0 Å². The summed E-state index contributed by atoms with van der Waals surface area (Å²) < 4.78 is 5.73. The molecule has 4 rings (SSSR count). The summed E-state index contributed by atoms with van der Waals surface area (Å²) in [6, 6.07) is 11.2. The topological polar surface area (TPSA) is 103 Å². The maximum atomic E-state index is 12.5. The first-order chi connectivity index (χ1) is 13.6. The standard InChI is InChI=1S/C20H20N6O2/c1-26-10-7-13(8-11-26)18(27)25-20-22-9-6-15(24-20)14(12-21)19-23-16-4-2-3-5-17(16)28-19/h2-6,9,13,23H,7-8,10-11H2,1H3,(H,22,24,25,27). The second-order valence-corrected chi connectivity index (χ2v) is 6.87. The van der Waals surface area contributed by atoms with Crippen molar-refractivity contribution < 1.29 is 9.53 Å². The molecule has 2 aromatic rings. The molecule has 2 aliphatic heterocycles. The Bertz CT molecular complexity index is 946. The second kappa shape index (κ2) is 7.66. The molecule has 0 aliphatic carbocycles. The summed E-state index contributed by atoms with van der Waals surface area (Å²) >= 11 is 0. The van der Waals surface area contributed by atoms with Crippen molar-refractivity contribution >= 4 is 23.1 Å². The van der Waals surface area contributed by atoms with Crippen molar-refractivity contribution in [2.75, 3.05) is 30.8 Å². The summed E-state index contributed by atoms with van der Waals surface area (Å²) in [4.78, 5) is 23.2. The van der Waals surface area contributed by atoms with E-state index in [4.69, 9.17) is 4.74 Å². The number of hydrogen-bond acceptors (Lipinski definition) is 7. The summed E-state index contributed by atoms with van der Waals surface area (Å²) in [5.74, 6) is 1.01. The van der Waals surface area contributed by atoms with Crippen LogP contribution >= 0.6 is 0 Å². The monoisotopic (exact) mass is 376 g/mol. The fourth-order valence-corrected chi connectivity index (χ4v) is 3.30. The van der Waals surface area contributed by atoms with Gasteiger partial charge in [0.15, 0.2) is 5.75 Å². The molecule has 142 valence electrons. The molecule has 0 saturated carbocycles. The van der Waals surface area contributed by atoms with Crippen LogP contribution in [0.5, 0.6) is 5.75 Å². The van der Waals surface area contributed by atoms with Gasteiger partial charge in [0.05, 0.1) is 11.4 Å². The number of carbonyl (C=O) groups excluding carboxylic acids is 1. The first kappa shape index (κ1) is 17.9. The van der Waals surface area contributed by atoms with Crippen LogP contribution < -0.4 is 15.4 Å². The zero-order valence-electron chi connectivity index (χ0n) is 15.5. The van der Waals surface area contributed by atoms with Crippen LogP contribution in [0.4, 0.5) is 11.6 Å². The number of nitriles is 1. The highest BCUT2D eigenvalue weighted by molar-refractivity contribution is 5.91. The van der Waals surface area contributed by atoms with E-state index in [-0.39, 0.29) is 23.3 Å². The minimum absolute atomic E-state index is 0.0495. The van der Waals surface area contributed by atoms with Gasteiger partial charge >= 0.3 is 0 Å². The molecule has 2 N–H and O–H groups in total. The van der Waals surface area contributed by atoms with E-state index in [1.807, 2.05) is 24.3 Å². The minimum Gasteiger partial charge on any atom is -0.437 e. The molecule has 0 atom stereocenters. The van der Waals surface area contributed by atoms with Crippen molar-refractivity contribution in [1.82, 2.24) is 14.9 Å². The Balaban J connectivity index is 1.53. The van der Waals surface area contributed by atoms with Gasteiger partial charge in [-0.3, -0.25) is 10.1 Å². The number of aromatic nitrogens is 2. The van der Waals surface area contributed by atoms with Crippen LogP contribution in [0.1, 0.15) is 18.5 Å². The molecular formula is C20H20N6O2. The van der Waals surface area contributed by atoms with E-state index in [2.05, 4.69) is 38.6 Å². The smallest absolute Gasteiger partial charge is 0.229 e. The molecular weight excluding hydrogens is 356 g/mol. The van der Waals surface area contributed by atoms with Crippen molar-refractivity contribution in [3.05, 3.63) is 48.1 Å². The molecule has 0 unspecified atom stereocenters. The van der Waals surface area contributed by atoms with Gasteiger partial charge in [-0.2, -0.15) is 5.26 Å². The summed E-state index contributed by atoms with van der Waals surface area (Å²) in [7, 11) is 2.05. The van der Waals surface area contributed by atoms with E-state index >= 15 is 0 Å². The number of amides is 1. The Hall–Kier alpha value is -3.44. The van der Waals surface area contributed by atoms with Crippen molar-refractivity contribution in [3.8, 4) is 11.8 Å². The highest BCUT2D eigenvalue weighted by Gasteiger charge is 2.25. The maximum absolute atomic E-state index is 12.5. The summed E-state index contributed by atoms with van der Waals surface area (Å²) in [5.41, 5.74) is 1.41. The molecule has 1 amide bonds. The fraction of sp³-hybridized carbons (Fsp3) is 0.300. The van der Waals surface area contributed by atoms with E-state index in [0.717, 1.165) is 31.6 Å². The van der Waals surface area contributed by atoms with Crippen LogP contribution in [0.25, 0.3) is 5.57 Å². The lowest BCUT2D eigenvalue weighted by molar-refractivity contribution is -0.121. The van der Waals surface area contributed by atoms with E-state index in [0.29, 0.717) is 17.3 Å². The van der Waals surface area contributed by atoms with Crippen LogP contribution in [-0.4, -0.2) is 40.9 Å². The molecule has 0 spiro atoms. The Morgan fingerprint density at radius 3 is 2.86 bits per heavy atom. The first-order valence-electron chi connectivity index (χ1n) is 9.15. The quantitative estimate of drug-likeness (QED) is 0.793. The third-order valence-electron chi connectivity index (χ3n) is 4.92. The predicted octanol–water partition coefficient (Wildman–Crippen LogP) is 2.45. The van der Waals surface area contributed by atoms with E-state index in [1.54, 1.807) is 6.07 Å². The number of likely N-dealkylation sites (tertiary alicyclic amines) is 1. The molecule has 2 aliphatic rings. The number of piperidine rings is 1. The highest BCUT2D eigenvalue weighted by atomic mass is 16.5. The molecule has 8 nitrogen and oxygen atoms in total. The largest absolute Gasteiger partial charge is 0.437 e. The third-order valence-corrected chi connectivity index (χ3v) is 4.92. The Labute approximate surface area is 162 Å². The van der Waals surface area contributed by atoms with Crippen molar-refractivity contribution in [3.63, 3.8) is 0 Å². The number of para-hydroxylation sites is 2. The first-order valence-corrected chi connectivity index (χ1v) is 9.15. The second-order valence-electron chi connectivity index (χ2n) is 6.87. The number of allylic oxidation sites excluding steroid dienone is 1. The maximum Gasteiger partial charge on any atom is 0.229 e.